The van der Waals surface area contributed by atoms with Crippen molar-refractivity contribution in [1.82, 2.24) is 4.90 Å². The molecule has 19 heavy (non-hydrogen) atoms. The number of aliphatic hydroxyl groups is 1. The van der Waals surface area contributed by atoms with Crippen molar-refractivity contribution >= 4 is 0 Å². The van der Waals surface area contributed by atoms with Gasteiger partial charge in [0.1, 0.15) is 11.5 Å². The number of aliphatic hydroxyl groups excluding tert-OH is 1. The van der Waals surface area contributed by atoms with Gasteiger partial charge in [0.25, 0.3) is 0 Å². The maximum atomic E-state index is 9.49. The summed E-state index contributed by atoms with van der Waals surface area (Å²) in [6.07, 6.45) is 0.927. The molecule has 0 aliphatic carbocycles. The van der Waals surface area contributed by atoms with Crippen LogP contribution in [-0.4, -0.2) is 36.8 Å². The second kappa shape index (κ2) is 5.80. The SMILES string of the molecule is CCN1Cc2c(OC)cc(CO)c(OC)c2CC1C. The molecule has 0 radical (unpaired) electrons. The summed E-state index contributed by atoms with van der Waals surface area (Å²) in [4.78, 5) is 2.42. The third-order valence-electron chi connectivity index (χ3n) is 4.02. The molecule has 2 rings (SSSR count). The highest BCUT2D eigenvalue weighted by Crippen LogP contribution is 2.39. The third kappa shape index (κ3) is 2.42. The van der Waals surface area contributed by atoms with Crippen LogP contribution in [0.15, 0.2) is 6.07 Å². The molecule has 0 saturated carbocycles. The summed E-state index contributed by atoms with van der Waals surface area (Å²) in [7, 11) is 3.34. The first-order valence-electron chi connectivity index (χ1n) is 6.76. The summed E-state index contributed by atoms with van der Waals surface area (Å²) in [5.41, 5.74) is 3.18. The average molecular weight is 265 g/mol. The van der Waals surface area contributed by atoms with Crippen LogP contribution in [0.5, 0.6) is 11.5 Å². The minimum atomic E-state index is -0.0291. The van der Waals surface area contributed by atoms with Crippen LogP contribution in [0.25, 0.3) is 0 Å². The van der Waals surface area contributed by atoms with Crippen LogP contribution in [0.4, 0.5) is 0 Å². The lowest BCUT2D eigenvalue weighted by atomic mass is 9.91. The van der Waals surface area contributed by atoms with E-state index in [9.17, 15) is 5.11 Å². The fourth-order valence-electron chi connectivity index (χ4n) is 2.94. The molecule has 0 bridgehead atoms. The van der Waals surface area contributed by atoms with Gasteiger partial charge in [-0.3, -0.25) is 4.90 Å². The molecule has 1 aromatic rings. The van der Waals surface area contributed by atoms with E-state index in [1.165, 1.54) is 11.1 Å². The summed E-state index contributed by atoms with van der Waals surface area (Å²) in [6.45, 7) is 6.27. The maximum Gasteiger partial charge on any atom is 0.128 e. The van der Waals surface area contributed by atoms with Crippen molar-refractivity contribution in [3.63, 3.8) is 0 Å². The van der Waals surface area contributed by atoms with Crippen molar-refractivity contribution in [2.24, 2.45) is 0 Å². The van der Waals surface area contributed by atoms with Crippen LogP contribution in [0.2, 0.25) is 0 Å². The number of hydrogen-bond donors (Lipinski definition) is 1. The zero-order chi connectivity index (χ0) is 14.0. The topological polar surface area (TPSA) is 41.9 Å². The van der Waals surface area contributed by atoms with E-state index in [1.807, 2.05) is 6.07 Å². The number of likely N-dealkylation sites (N-methyl/N-ethyl adjacent to an activating group) is 1. The van der Waals surface area contributed by atoms with Crippen LogP contribution in [0, 0.1) is 0 Å². The van der Waals surface area contributed by atoms with Crippen molar-refractivity contribution in [1.29, 1.82) is 0 Å². The van der Waals surface area contributed by atoms with Crippen molar-refractivity contribution in [2.75, 3.05) is 20.8 Å². The molecule has 1 aliphatic heterocycles. The Labute approximate surface area is 114 Å². The molecular formula is C15H23NO3. The van der Waals surface area contributed by atoms with E-state index in [0.717, 1.165) is 36.6 Å². The monoisotopic (exact) mass is 265 g/mol. The Balaban J connectivity index is 2.56. The Morgan fingerprint density at radius 1 is 1.32 bits per heavy atom. The fourth-order valence-corrected chi connectivity index (χ4v) is 2.94. The van der Waals surface area contributed by atoms with Gasteiger partial charge in [-0.25, -0.2) is 0 Å². The Hall–Kier alpha value is -1.26. The molecule has 1 N–H and O–H groups in total. The first kappa shape index (κ1) is 14.2. The molecule has 1 aromatic carbocycles. The summed E-state index contributed by atoms with van der Waals surface area (Å²) < 4.78 is 11.0. The molecule has 4 nitrogen and oxygen atoms in total. The molecule has 0 amide bonds. The highest BCUT2D eigenvalue weighted by atomic mass is 16.5. The van der Waals surface area contributed by atoms with Gasteiger partial charge in [-0.15, -0.1) is 0 Å². The van der Waals surface area contributed by atoms with E-state index in [-0.39, 0.29) is 6.61 Å². The van der Waals surface area contributed by atoms with Gasteiger partial charge >= 0.3 is 0 Å². The van der Waals surface area contributed by atoms with Crippen LogP contribution in [0.3, 0.4) is 0 Å². The summed E-state index contributed by atoms with van der Waals surface area (Å²) in [6, 6.07) is 2.37. The van der Waals surface area contributed by atoms with E-state index in [4.69, 9.17) is 9.47 Å². The Bertz CT molecular complexity index is 459. The van der Waals surface area contributed by atoms with Gasteiger partial charge in [0, 0.05) is 29.3 Å². The standard InChI is InChI=1S/C15H23NO3/c1-5-16-8-13-12(6-10(16)2)15(19-4)11(9-17)7-14(13)18-3/h7,10,17H,5-6,8-9H2,1-4H3. The normalized spacial score (nSPS) is 19.1. The number of fused-ring (bicyclic) bond motifs is 1. The van der Waals surface area contributed by atoms with E-state index in [0.29, 0.717) is 6.04 Å². The lowest BCUT2D eigenvalue weighted by Gasteiger charge is -2.36. The van der Waals surface area contributed by atoms with Gasteiger partial charge in [-0.05, 0) is 26.0 Å². The average Bonchev–Trinajstić information content (AvgIpc) is 2.44. The number of benzene rings is 1. The molecule has 1 atom stereocenters. The van der Waals surface area contributed by atoms with Crippen molar-refractivity contribution in [3.05, 3.63) is 22.8 Å². The quantitative estimate of drug-likeness (QED) is 0.903. The Morgan fingerprint density at radius 2 is 2.05 bits per heavy atom. The van der Waals surface area contributed by atoms with Crippen molar-refractivity contribution in [2.45, 2.75) is 39.5 Å². The zero-order valence-electron chi connectivity index (χ0n) is 12.2. The lowest BCUT2D eigenvalue weighted by molar-refractivity contribution is 0.188. The maximum absolute atomic E-state index is 9.49. The highest BCUT2D eigenvalue weighted by molar-refractivity contribution is 5.55. The Kier molecular flexibility index (Phi) is 4.32. The second-order valence-electron chi connectivity index (χ2n) is 5.00. The van der Waals surface area contributed by atoms with E-state index < -0.39 is 0 Å². The van der Waals surface area contributed by atoms with Gasteiger partial charge in [0.2, 0.25) is 0 Å². The zero-order valence-corrected chi connectivity index (χ0v) is 12.2. The predicted molar refractivity (Wildman–Crippen MR) is 74.7 cm³/mol. The number of methoxy groups -OCH3 is 2. The summed E-state index contributed by atoms with van der Waals surface area (Å²) in [5.74, 6) is 1.67. The number of rotatable bonds is 4. The van der Waals surface area contributed by atoms with E-state index >= 15 is 0 Å². The largest absolute Gasteiger partial charge is 0.496 e. The number of hydrogen-bond acceptors (Lipinski definition) is 4. The Morgan fingerprint density at radius 3 is 2.58 bits per heavy atom. The van der Waals surface area contributed by atoms with Gasteiger partial charge in [0.15, 0.2) is 0 Å². The molecule has 0 aromatic heterocycles. The fraction of sp³-hybridized carbons (Fsp3) is 0.600. The van der Waals surface area contributed by atoms with Gasteiger partial charge in [-0.1, -0.05) is 6.92 Å². The first-order chi connectivity index (χ1) is 9.15. The van der Waals surface area contributed by atoms with E-state index in [2.05, 4.69) is 18.7 Å². The highest BCUT2D eigenvalue weighted by Gasteiger charge is 2.28. The van der Waals surface area contributed by atoms with E-state index in [1.54, 1.807) is 14.2 Å². The molecule has 0 saturated heterocycles. The predicted octanol–water partition coefficient (Wildman–Crippen LogP) is 1.96. The van der Waals surface area contributed by atoms with Gasteiger partial charge < -0.3 is 14.6 Å². The smallest absolute Gasteiger partial charge is 0.128 e. The molecule has 106 valence electrons. The van der Waals surface area contributed by atoms with Crippen LogP contribution in [0.1, 0.15) is 30.5 Å². The molecular weight excluding hydrogens is 242 g/mol. The molecule has 4 heteroatoms. The third-order valence-corrected chi connectivity index (χ3v) is 4.02. The minimum absolute atomic E-state index is 0.0291. The first-order valence-corrected chi connectivity index (χ1v) is 6.76. The number of nitrogens with zero attached hydrogens (tertiary/aromatic N) is 1. The van der Waals surface area contributed by atoms with Gasteiger partial charge in [0.05, 0.1) is 20.8 Å². The molecule has 1 heterocycles. The summed E-state index contributed by atoms with van der Waals surface area (Å²) >= 11 is 0. The lowest BCUT2D eigenvalue weighted by Crippen LogP contribution is -2.38. The second-order valence-corrected chi connectivity index (χ2v) is 5.00. The van der Waals surface area contributed by atoms with Crippen LogP contribution < -0.4 is 9.47 Å². The number of ether oxygens (including phenoxy) is 2. The summed E-state index contributed by atoms with van der Waals surface area (Å²) in [5, 5.41) is 9.49. The van der Waals surface area contributed by atoms with Crippen molar-refractivity contribution < 1.29 is 14.6 Å². The molecule has 1 aliphatic rings. The van der Waals surface area contributed by atoms with Crippen LogP contribution in [-0.2, 0) is 19.6 Å². The minimum Gasteiger partial charge on any atom is -0.496 e. The van der Waals surface area contributed by atoms with Crippen LogP contribution >= 0.6 is 0 Å². The van der Waals surface area contributed by atoms with Crippen molar-refractivity contribution in [3.8, 4) is 11.5 Å². The molecule has 0 fully saturated rings. The molecule has 1 unspecified atom stereocenters. The van der Waals surface area contributed by atoms with Gasteiger partial charge in [-0.2, -0.15) is 0 Å². The molecule has 0 spiro atoms.